The number of halogens is 1. The zero-order valence-electron chi connectivity index (χ0n) is 22.0. The summed E-state index contributed by atoms with van der Waals surface area (Å²) in [5.41, 5.74) is 4.82. The van der Waals surface area contributed by atoms with Crippen LogP contribution in [0.5, 0.6) is 0 Å². The average molecular weight is 569 g/mol. The summed E-state index contributed by atoms with van der Waals surface area (Å²) in [5.74, 6) is 0.392. The summed E-state index contributed by atoms with van der Waals surface area (Å²) in [5, 5.41) is 11.1. The third-order valence-electron chi connectivity index (χ3n) is 7.11. The zero-order chi connectivity index (χ0) is 27.3. The van der Waals surface area contributed by atoms with E-state index in [-0.39, 0.29) is 11.7 Å². The molecule has 5 aromatic rings. The first-order valence-electron chi connectivity index (χ1n) is 13.3. The van der Waals surface area contributed by atoms with Crippen molar-refractivity contribution >= 4 is 57.4 Å². The quantitative estimate of drug-likeness (QED) is 0.226. The molecule has 0 bridgehead atoms. The van der Waals surface area contributed by atoms with Crippen LogP contribution in [0.4, 0.5) is 0 Å². The molecule has 0 spiro atoms. The predicted molar refractivity (Wildman–Crippen MR) is 163 cm³/mol. The maximum atomic E-state index is 13.0. The van der Waals surface area contributed by atoms with Crippen molar-refractivity contribution in [3.63, 3.8) is 0 Å². The minimum Gasteiger partial charge on any atom is -0.339 e. The Bertz CT molecular complexity index is 1660. The summed E-state index contributed by atoms with van der Waals surface area (Å²) in [7, 11) is 0. The number of aromatic nitrogens is 4. The second-order valence-corrected chi connectivity index (χ2v) is 11.2. The summed E-state index contributed by atoms with van der Waals surface area (Å²) in [6.45, 7) is 4.67. The zero-order valence-corrected chi connectivity index (χ0v) is 23.6. The molecule has 1 aliphatic rings. The lowest BCUT2D eigenvalue weighted by Crippen LogP contribution is -2.49. The molecule has 1 aliphatic heterocycles. The van der Waals surface area contributed by atoms with Gasteiger partial charge in [-0.3, -0.25) is 9.69 Å². The molecule has 0 unspecified atom stereocenters. The topological polar surface area (TPSA) is 67.2 Å². The summed E-state index contributed by atoms with van der Waals surface area (Å²) in [4.78, 5) is 22.2. The van der Waals surface area contributed by atoms with Gasteiger partial charge in [-0.25, -0.2) is 4.98 Å². The SMILES string of the molecule is O=C(CSc1nnc2c3ccccc3n(Cc3cccc(Cl)c3)c2n1)N1CCN(C/C=C/c2ccccc2)CC1. The van der Waals surface area contributed by atoms with Crippen LogP contribution in [0.3, 0.4) is 0 Å². The van der Waals surface area contributed by atoms with E-state index in [1.807, 2.05) is 59.5 Å². The van der Waals surface area contributed by atoms with Gasteiger partial charge in [0.05, 0.1) is 11.3 Å². The van der Waals surface area contributed by atoms with Gasteiger partial charge in [0.1, 0.15) is 5.52 Å². The second-order valence-electron chi connectivity index (χ2n) is 9.78. The molecule has 0 saturated carbocycles. The molecule has 1 saturated heterocycles. The van der Waals surface area contributed by atoms with Crippen molar-refractivity contribution < 1.29 is 4.79 Å². The van der Waals surface area contributed by atoms with E-state index >= 15 is 0 Å². The summed E-state index contributed by atoms with van der Waals surface area (Å²) in [6, 6.07) is 26.2. The normalized spacial score (nSPS) is 14.5. The third kappa shape index (κ3) is 6.04. The highest BCUT2D eigenvalue weighted by atomic mass is 35.5. The molecule has 202 valence electrons. The van der Waals surface area contributed by atoms with Gasteiger partial charge in [0.25, 0.3) is 0 Å². The number of para-hydroxylation sites is 1. The molecule has 1 fully saturated rings. The molecule has 0 atom stereocenters. The van der Waals surface area contributed by atoms with Gasteiger partial charge in [-0.15, -0.1) is 10.2 Å². The van der Waals surface area contributed by atoms with Gasteiger partial charge < -0.3 is 9.47 Å². The van der Waals surface area contributed by atoms with E-state index in [2.05, 4.69) is 56.1 Å². The summed E-state index contributed by atoms with van der Waals surface area (Å²) in [6.07, 6.45) is 4.34. The third-order valence-corrected chi connectivity index (χ3v) is 8.16. The number of thioether (sulfide) groups is 1. The molecule has 0 radical (unpaired) electrons. The van der Waals surface area contributed by atoms with Crippen LogP contribution in [0.25, 0.3) is 28.1 Å². The first-order valence-corrected chi connectivity index (χ1v) is 14.7. The Morgan fingerprint density at radius 3 is 2.55 bits per heavy atom. The largest absolute Gasteiger partial charge is 0.339 e. The Hall–Kier alpha value is -3.72. The molecular weight excluding hydrogens is 540 g/mol. The fourth-order valence-corrected chi connectivity index (χ4v) is 5.93. The number of hydrogen-bond donors (Lipinski definition) is 0. The minimum absolute atomic E-state index is 0.104. The van der Waals surface area contributed by atoms with Crippen LogP contribution in [-0.4, -0.2) is 73.9 Å². The molecule has 7 nitrogen and oxygen atoms in total. The highest BCUT2D eigenvalue weighted by molar-refractivity contribution is 7.99. The van der Waals surface area contributed by atoms with Crippen LogP contribution < -0.4 is 0 Å². The van der Waals surface area contributed by atoms with Crippen LogP contribution in [0.1, 0.15) is 11.1 Å². The molecule has 9 heteroatoms. The Balaban J connectivity index is 1.10. The van der Waals surface area contributed by atoms with E-state index in [4.69, 9.17) is 16.6 Å². The highest BCUT2D eigenvalue weighted by Gasteiger charge is 2.21. The first-order chi connectivity index (χ1) is 19.6. The summed E-state index contributed by atoms with van der Waals surface area (Å²) >= 11 is 7.58. The van der Waals surface area contributed by atoms with Gasteiger partial charge >= 0.3 is 0 Å². The molecule has 0 aliphatic carbocycles. The molecular formula is C31H29ClN6OS. The van der Waals surface area contributed by atoms with Gasteiger partial charge in [0, 0.05) is 49.7 Å². The fourth-order valence-electron chi connectivity index (χ4n) is 5.03. The molecule has 6 rings (SSSR count). The van der Waals surface area contributed by atoms with Gasteiger partial charge in [0.2, 0.25) is 11.1 Å². The average Bonchev–Trinajstić information content (AvgIpc) is 3.29. The first kappa shape index (κ1) is 26.5. The second kappa shape index (κ2) is 12.2. The van der Waals surface area contributed by atoms with Crippen LogP contribution in [0, 0.1) is 0 Å². The Morgan fingerprint density at radius 1 is 0.925 bits per heavy atom. The Kier molecular flexibility index (Phi) is 8.09. The lowest BCUT2D eigenvalue weighted by atomic mass is 10.2. The number of piperazine rings is 1. The van der Waals surface area contributed by atoms with Crippen molar-refractivity contribution in [2.45, 2.75) is 11.7 Å². The molecule has 0 N–H and O–H groups in total. The van der Waals surface area contributed by atoms with E-state index < -0.39 is 0 Å². The number of carbonyl (C=O) groups is 1. The number of amides is 1. The van der Waals surface area contributed by atoms with Crippen molar-refractivity contribution in [1.29, 1.82) is 0 Å². The van der Waals surface area contributed by atoms with Crippen molar-refractivity contribution in [3.8, 4) is 0 Å². The van der Waals surface area contributed by atoms with Gasteiger partial charge in [-0.2, -0.15) is 0 Å². The fraction of sp³-hybridized carbons (Fsp3) is 0.226. The number of fused-ring (bicyclic) bond motifs is 3. The molecule has 1 amide bonds. The van der Waals surface area contributed by atoms with E-state index in [1.54, 1.807) is 0 Å². The van der Waals surface area contributed by atoms with Crippen LogP contribution in [0.2, 0.25) is 5.02 Å². The number of nitrogens with zero attached hydrogens (tertiary/aromatic N) is 6. The predicted octanol–water partition coefficient (Wildman–Crippen LogP) is 5.63. The van der Waals surface area contributed by atoms with E-state index in [9.17, 15) is 4.79 Å². The maximum absolute atomic E-state index is 13.0. The monoisotopic (exact) mass is 568 g/mol. The molecule has 3 heterocycles. The van der Waals surface area contributed by atoms with E-state index in [0.717, 1.165) is 60.4 Å². The number of benzene rings is 3. The Labute approximate surface area is 242 Å². The van der Waals surface area contributed by atoms with Crippen molar-refractivity contribution in [3.05, 3.63) is 101 Å². The van der Waals surface area contributed by atoms with Gasteiger partial charge in [0.15, 0.2) is 5.65 Å². The number of hydrogen-bond acceptors (Lipinski definition) is 6. The molecule has 3 aromatic carbocycles. The van der Waals surface area contributed by atoms with Crippen LogP contribution in [0.15, 0.2) is 90.1 Å². The molecule has 40 heavy (non-hydrogen) atoms. The van der Waals surface area contributed by atoms with Crippen LogP contribution in [-0.2, 0) is 11.3 Å². The lowest BCUT2D eigenvalue weighted by Gasteiger charge is -2.34. The van der Waals surface area contributed by atoms with Crippen molar-refractivity contribution in [2.75, 3.05) is 38.5 Å². The maximum Gasteiger partial charge on any atom is 0.233 e. The number of carbonyl (C=O) groups excluding carboxylic acids is 1. The summed E-state index contributed by atoms with van der Waals surface area (Å²) < 4.78 is 2.14. The lowest BCUT2D eigenvalue weighted by molar-refractivity contribution is -0.130. The van der Waals surface area contributed by atoms with Gasteiger partial charge in [-0.1, -0.05) is 96.2 Å². The standard InChI is InChI=1S/C31H29ClN6OS/c32-25-12-6-10-24(20-25)21-38-27-14-5-4-13-26(27)29-30(38)33-31(35-34-29)40-22-28(39)37-18-16-36(17-19-37)15-7-11-23-8-2-1-3-9-23/h1-14,20H,15-19,21-22H2/b11-7+. The molecule has 2 aromatic heterocycles. The smallest absolute Gasteiger partial charge is 0.233 e. The Morgan fingerprint density at radius 2 is 1.73 bits per heavy atom. The van der Waals surface area contributed by atoms with E-state index in [1.165, 1.54) is 17.3 Å². The van der Waals surface area contributed by atoms with Crippen LogP contribution >= 0.6 is 23.4 Å². The minimum atomic E-state index is 0.104. The highest BCUT2D eigenvalue weighted by Crippen LogP contribution is 2.28. The van der Waals surface area contributed by atoms with Crippen molar-refractivity contribution in [1.82, 2.24) is 29.5 Å². The number of rotatable bonds is 8. The van der Waals surface area contributed by atoms with Crippen molar-refractivity contribution in [2.24, 2.45) is 0 Å². The van der Waals surface area contributed by atoms with Gasteiger partial charge in [-0.05, 0) is 29.3 Å². The van der Waals surface area contributed by atoms with E-state index in [0.29, 0.717) is 16.7 Å².